The predicted octanol–water partition coefficient (Wildman–Crippen LogP) is 4.09. The zero-order valence-electron chi connectivity index (χ0n) is 11.2. The molecule has 6 heteroatoms. The van der Waals surface area contributed by atoms with Gasteiger partial charge in [0.25, 0.3) is 0 Å². The summed E-state index contributed by atoms with van der Waals surface area (Å²) in [6.07, 6.45) is -4.52. The Bertz CT molecular complexity index is 681. The highest BCUT2D eigenvalue weighted by Gasteiger charge is 2.34. The number of nitrogens with two attached hydrogens (primary N) is 1. The van der Waals surface area contributed by atoms with Crippen molar-refractivity contribution in [3.63, 3.8) is 0 Å². The minimum atomic E-state index is -4.52. The Morgan fingerprint density at radius 1 is 1.10 bits per heavy atom. The van der Waals surface area contributed by atoms with Crippen LogP contribution in [0.1, 0.15) is 16.7 Å². The van der Waals surface area contributed by atoms with E-state index in [2.05, 4.69) is 0 Å². The topological polar surface area (TPSA) is 59.1 Å². The minimum absolute atomic E-state index is 0.116. The Morgan fingerprint density at radius 3 is 2.38 bits per heavy atom. The second kappa shape index (κ2) is 5.47. The molecular formula is C15H13F3N2O. The molecule has 0 aromatic heterocycles. The van der Waals surface area contributed by atoms with Crippen LogP contribution in [-0.2, 0) is 6.18 Å². The van der Waals surface area contributed by atoms with Gasteiger partial charge >= 0.3 is 6.18 Å². The lowest BCUT2D eigenvalue weighted by molar-refractivity contribution is -0.138. The molecule has 0 bridgehead atoms. The van der Waals surface area contributed by atoms with Crippen molar-refractivity contribution < 1.29 is 17.9 Å². The standard InChI is InChI=1S/C15H13F3N2O/c1-9-6-7-12(10(8-9)14(19)20)21-13-5-3-2-4-11(13)15(16,17)18/h2-8H,1H3,(H3,19,20). The van der Waals surface area contributed by atoms with E-state index in [1.165, 1.54) is 24.3 Å². The molecule has 0 aliphatic rings. The summed E-state index contributed by atoms with van der Waals surface area (Å²) in [6.45, 7) is 1.79. The Balaban J connectivity index is 2.47. The third-order valence-electron chi connectivity index (χ3n) is 2.84. The summed E-state index contributed by atoms with van der Waals surface area (Å²) in [5.74, 6) is -0.473. The number of aryl methyl sites for hydroxylation is 1. The molecule has 0 radical (unpaired) electrons. The zero-order chi connectivity index (χ0) is 15.6. The van der Waals surface area contributed by atoms with Crippen molar-refractivity contribution in [2.75, 3.05) is 0 Å². The zero-order valence-corrected chi connectivity index (χ0v) is 11.2. The summed E-state index contributed by atoms with van der Waals surface area (Å²) >= 11 is 0. The Labute approximate surface area is 119 Å². The molecule has 0 spiro atoms. The summed E-state index contributed by atoms with van der Waals surface area (Å²) in [5, 5.41) is 7.49. The average Bonchev–Trinajstić information content (AvgIpc) is 2.40. The van der Waals surface area contributed by atoms with E-state index in [-0.39, 0.29) is 22.9 Å². The van der Waals surface area contributed by atoms with Crippen molar-refractivity contribution in [3.05, 3.63) is 59.2 Å². The third kappa shape index (κ3) is 3.34. The predicted molar refractivity (Wildman–Crippen MR) is 73.7 cm³/mol. The van der Waals surface area contributed by atoms with Gasteiger partial charge in [0, 0.05) is 0 Å². The highest BCUT2D eigenvalue weighted by atomic mass is 19.4. The van der Waals surface area contributed by atoms with Crippen molar-refractivity contribution in [2.45, 2.75) is 13.1 Å². The van der Waals surface area contributed by atoms with Crippen LogP contribution in [0.25, 0.3) is 0 Å². The summed E-state index contributed by atoms with van der Waals surface area (Å²) < 4.78 is 44.1. The van der Waals surface area contributed by atoms with Crippen molar-refractivity contribution in [3.8, 4) is 11.5 Å². The van der Waals surface area contributed by atoms with Crippen LogP contribution in [0, 0.1) is 12.3 Å². The molecule has 0 heterocycles. The summed E-state index contributed by atoms with van der Waals surface area (Å²) in [6, 6.07) is 9.68. The third-order valence-corrected chi connectivity index (χ3v) is 2.84. The van der Waals surface area contributed by atoms with Gasteiger partial charge in [-0.1, -0.05) is 23.8 Å². The van der Waals surface area contributed by atoms with E-state index in [0.29, 0.717) is 0 Å². The quantitative estimate of drug-likeness (QED) is 0.661. The number of benzene rings is 2. The molecule has 0 amide bonds. The normalized spacial score (nSPS) is 11.2. The van der Waals surface area contributed by atoms with Crippen molar-refractivity contribution in [1.29, 1.82) is 5.41 Å². The number of rotatable bonds is 3. The number of hydrogen-bond donors (Lipinski definition) is 2. The molecule has 0 fully saturated rings. The maximum absolute atomic E-state index is 12.9. The Hall–Kier alpha value is -2.50. The van der Waals surface area contributed by atoms with Crippen LogP contribution < -0.4 is 10.5 Å². The molecule has 110 valence electrons. The van der Waals surface area contributed by atoms with E-state index in [9.17, 15) is 13.2 Å². The second-order valence-electron chi connectivity index (χ2n) is 4.51. The van der Waals surface area contributed by atoms with Crippen LogP contribution >= 0.6 is 0 Å². The molecule has 0 aliphatic carbocycles. The van der Waals surface area contributed by atoms with E-state index in [1.807, 2.05) is 0 Å². The molecule has 3 N–H and O–H groups in total. The van der Waals surface area contributed by atoms with Gasteiger partial charge in [-0.3, -0.25) is 5.41 Å². The Morgan fingerprint density at radius 2 is 1.76 bits per heavy atom. The first-order chi connectivity index (χ1) is 9.79. The van der Waals surface area contributed by atoms with E-state index in [4.69, 9.17) is 15.9 Å². The monoisotopic (exact) mass is 294 g/mol. The fourth-order valence-electron chi connectivity index (χ4n) is 1.85. The molecule has 3 nitrogen and oxygen atoms in total. The van der Waals surface area contributed by atoms with E-state index in [1.54, 1.807) is 19.1 Å². The van der Waals surface area contributed by atoms with Gasteiger partial charge in [-0.25, -0.2) is 0 Å². The number of nitrogens with one attached hydrogen (secondary N) is 1. The molecule has 2 aromatic rings. The number of nitrogen functional groups attached to an aromatic ring is 1. The summed E-state index contributed by atoms with van der Waals surface area (Å²) in [5.41, 5.74) is 5.65. The first-order valence-electron chi connectivity index (χ1n) is 6.08. The molecule has 2 aromatic carbocycles. The van der Waals surface area contributed by atoms with Crippen LogP contribution in [0.3, 0.4) is 0 Å². The number of amidine groups is 1. The maximum atomic E-state index is 12.9. The number of halogens is 3. The molecule has 0 saturated carbocycles. The lowest BCUT2D eigenvalue weighted by atomic mass is 10.1. The Kier molecular flexibility index (Phi) is 3.88. The highest BCUT2D eigenvalue weighted by molar-refractivity contribution is 5.97. The van der Waals surface area contributed by atoms with Gasteiger partial charge in [0.2, 0.25) is 0 Å². The van der Waals surface area contributed by atoms with Crippen LogP contribution in [0.2, 0.25) is 0 Å². The van der Waals surface area contributed by atoms with E-state index in [0.717, 1.165) is 11.6 Å². The van der Waals surface area contributed by atoms with Crippen molar-refractivity contribution in [2.24, 2.45) is 5.73 Å². The molecule has 0 atom stereocenters. The SMILES string of the molecule is Cc1ccc(Oc2ccccc2C(F)(F)F)c(C(=N)N)c1. The second-order valence-corrected chi connectivity index (χ2v) is 4.51. The van der Waals surface area contributed by atoms with Crippen LogP contribution in [0.15, 0.2) is 42.5 Å². The summed E-state index contributed by atoms with van der Waals surface area (Å²) in [4.78, 5) is 0. The van der Waals surface area contributed by atoms with Gasteiger partial charge in [-0.15, -0.1) is 0 Å². The van der Waals surface area contributed by atoms with Gasteiger partial charge in [-0.2, -0.15) is 13.2 Å². The molecule has 2 rings (SSSR count). The van der Waals surface area contributed by atoms with Gasteiger partial charge in [0.1, 0.15) is 17.3 Å². The smallest absolute Gasteiger partial charge is 0.419 e. The largest absolute Gasteiger partial charge is 0.456 e. The number of alkyl halides is 3. The van der Waals surface area contributed by atoms with E-state index < -0.39 is 11.7 Å². The fraction of sp³-hybridized carbons (Fsp3) is 0.133. The lowest BCUT2D eigenvalue weighted by Gasteiger charge is -2.15. The van der Waals surface area contributed by atoms with Crippen LogP contribution in [0.4, 0.5) is 13.2 Å². The highest BCUT2D eigenvalue weighted by Crippen LogP contribution is 2.38. The number of para-hydroxylation sites is 1. The van der Waals surface area contributed by atoms with Gasteiger partial charge in [-0.05, 0) is 31.2 Å². The van der Waals surface area contributed by atoms with Crippen LogP contribution in [0.5, 0.6) is 11.5 Å². The van der Waals surface area contributed by atoms with Crippen molar-refractivity contribution >= 4 is 5.84 Å². The first kappa shape index (κ1) is 14.9. The maximum Gasteiger partial charge on any atom is 0.419 e. The first-order valence-corrected chi connectivity index (χ1v) is 6.08. The summed E-state index contributed by atoms with van der Waals surface area (Å²) in [7, 11) is 0. The van der Waals surface area contributed by atoms with Gasteiger partial charge in [0.05, 0.1) is 11.1 Å². The van der Waals surface area contributed by atoms with Crippen molar-refractivity contribution in [1.82, 2.24) is 0 Å². The number of ether oxygens (including phenoxy) is 1. The van der Waals surface area contributed by atoms with E-state index >= 15 is 0 Å². The molecule has 0 saturated heterocycles. The van der Waals surface area contributed by atoms with Gasteiger partial charge in [0.15, 0.2) is 0 Å². The van der Waals surface area contributed by atoms with Crippen LogP contribution in [-0.4, -0.2) is 5.84 Å². The molecular weight excluding hydrogens is 281 g/mol. The fourth-order valence-corrected chi connectivity index (χ4v) is 1.85. The lowest BCUT2D eigenvalue weighted by Crippen LogP contribution is -2.13. The molecule has 0 aliphatic heterocycles. The minimum Gasteiger partial charge on any atom is -0.456 e. The number of hydrogen-bond acceptors (Lipinski definition) is 2. The molecule has 21 heavy (non-hydrogen) atoms. The molecule has 0 unspecified atom stereocenters. The average molecular weight is 294 g/mol. The van der Waals surface area contributed by atoms with Gasteiger partial charge < -0.3 is 10.5 Å².